The minimum atomic E-state index is 0.344. The summed E-state index contributed by atoms with van der Waals surface area (Å²) in [6.07, 6.45) is 3.30. The first-order valence-electron chi connectivity index (χ1n) is 5.94. The maximum Gasteiger partial charge on any atom is 0.161 e. The van der Waals surface area contributed by atoms with Crippen LogP contribution in [0.25, 0.3) is 11.3 Å². The van der Waals surface area contributed by atoms with Crippen molar-refractivity contribution in [3.8, 4) is 22.8 Å². The lowest BCUT2D eigenvalue weighted by Gasteiger charge is -2.13. The Morgan fingerprint density at radius 2 is 1.68 bits per heavy atom. The molecular formula is C14H17N3O2. The molecule has 0 saturated heterocycles. The molecular weight excluding hydrogens is 242 g/mol. The molecule has 19 heavy (non-hydrogen) atoms. The second-order valence-electron chi connectivity index (χ2n) is 4.08. The van der Waals surface area contributed by atoms with Gasteiger partial charge in [-0.25, -0.2) is 0 Å². The lowest BCUT2D eigenvalue weighted by atomic mass is 10.0. The number of aromatic nitrogens is 2. The van der Waals surface area contributed by atoms with Crippen molar-refractivity contribution in [1.82, 2.24) is 9.97 Å². The van der Waals surface area contributed by atoms with E-state index in [-0.39, 0.29) is 0 Å². The Balaban J connectivity index is 2.62. The van der Waals surface area contributed by atoms with Gasteiger partial charge in [0.15, 0.2) is 11.5 Å². The lowest BCUT2D eigenvalue weighted by molar-refractivity contribution is 0.355. The van der Waals surface area contributed by atoms with E-state index in [1.54, 1.807) is 26.6 Å². The highest BCUT2D eigenvalue weighted by atomic mass is 16.5. The summed E-state index contributed by atoms with van der Waals surface area (Å²) in [4.78, 5) is 8.63. The first-order valence-corrected chi connectivity index (χ1v) is 5.94. The number of hydrogen-bond acceptors (Lipinski definition) is 5. The topological polar surface area (TPSA) is 70.3 Å². The van der Waals surface area contributed by atoms with Gasteiger partial charge in [-0.05, 0) is 24.6 Å². The molecule has 0 aliphatic carbocycles. The number of ether oxygens (including phenoxy) is 2. The molecule has 5 nitrogen and oxygen atoms in total. The van der Waals surface area contributed by atoms with E-state index in [1.807, 2.05) is 19.1 Å². The highest BCUT2D eigenvalue weighted by Crippen LogP contribution is 2.35. The van der Waals surface area contributed by atoms with E-state index in [1.165, 1.54) is 0 Å². The third-order valence-electron chi connectivity index (χ3n) is 2.95. The lowest BCUT2D eigenvalue weighted by Crippen LogP contribution is -2.04. The number of aryl methyl sites for hydroxylation is 1. The second-order valence-corrected chi connectivity index (χ2v) is 4.08. The van der Waals surface area contributed by atoms with Crippen LogP contribution < -0.4 is 15.2 Å². The zero-order valence-electron chi connectivity index (χ0n) is 11.3. The second kappa shape index (κ2) is 5.67. The van der Waals surface area contributed by atoms with Gasteiger partial charge in [-0.3, -0.25) is 9.97 Å². The van der Waals surface area contributed by atoms with Crippen LogP contribution in [0, 0.1) is 6.92 Å². The van der Waals surface area contributed by atoms with E-state index >= 15 is 0 Å². The molecule has 0 spiro atoms. The molecule has 1 heterocycles. The van der Waals surface area contributed by atoms with Crippen molar-refractivity contribution in [3.63, 3.8) is 0 Å². The van der Waals surface area contributed by atoms with E-state index < -0.39 is 0 Å². The van der Waals surface area contributed by atoms with Gasteiger partial charge in [-0.1, -0.05) is 0 Å². The number of benzene rings is 1. The van der Waals surface area contributed by atoms with Gasteiger partial charge in [-0.15, -0.1) is 0 Å². The molecule has 2 N–H and O–H groups in total. The van der Waals surface area contributed by atoms with Crippen LogP contribution in [-0.4, -0.2) is 24.2 Å². The van der Waals surface area contributed by atoms with Crippen molar-refractivity contribution < 1.29 is 9.47 Å². The molecule has 0 atom stereocenters. The highest BCUT2D eigenvalue weighted by Gasteiger charge is 2.14. The Morgan fingerprint density at radius 1 is 1.05 bits per heavy atom. The summed E-state index contributed by atoms with van der Waals surface area (Å²) in [5.74, 6) is 1.36. The van der Waals surface area contributed by atoms with Crippen LogP contribution in [0.2, 0.25) is 0 Å². The Kier molecular flexibility index (Phi) is 3.97. The van der Waals surface area contributed by atoms with Crippen molar-refractivity contribution in [2.45, 2.75) is 13.5 Å². The number of rotatable bonds is 4. The number of hydrogen-bond donors (Lipinski definition) is 1. The van der Waals surface area contributed by atoms with Gasteiger partial charge in [0.2, 0.25) is 0 Å². The van der Waals surface area contributed by atoms with Crippen LogP contribution in [-0.2, 0) is 6.54 Å². The van der Waals surface area contributed by atoms with Gasteiger partial charge in [0, 0.05) is 24.5 Å². The molecule has 0 fully saturated rings. The average Bonchev–Trinajstić information content (AvgIpc) is 2.46. The standard InChI is InChI=1S/C14H17N3O2/c1-9-6-12(18-2)13(19-3)7-10(9)14-11(8-15)16-4-5-17-14/h4-7H,8,15H2,1-3H3. The molecule has 2 aromatic rings. The van der Waals surface area contributed by atoms with Crippen molar-refractivity contribution in [2.75, 3.05) is 14.2 Å². The highest BCUT2D eigenvalue weighted by molar-refractivity contribution is 5.69. The van der Waals surface area contributed by atoms with E-state index in [0.29, 0.717) is 18.0 Å². The first kappa shape index (κ1) is 13.3. The largest absolute Gasteiger partial charge is 0.493 e. The van der Waals surface area contributed by atoms with Gasteiger partial charge in [-0.2, -0.15) is 0 Å². The number of nitrogens with two attached hydrogens (primary N) is 1. The average molecular weight is 259 g/mol. The van der Waals surface area contributed by atoms with Crippen LogP contribution in [0.5, 0.6) is 11.5 Å². The summed E-state index contributed by atoms with van der Waals surface area (Å²) in [5, 5.41) is 0. The molecule has 0 radical (unpaired) electrons. The van der Waals surface area contributed by atoms with E-state index in [2.05, 4.69) is 9.97 Å². The molecule has 1 aromatic heterocycles. The molecule has 0 aliphatic rings. The summed E-state index contributed by atoms with van der Waals surface area (Å²) in [6.45, 7) is 2.34. The van der Waals surface area contributed by atoms with Gasteiger partial charge in [0.25, 0.3) is 0 Å². The fourth-order valence-electron chi connectivity index (χ4n) is 1.98. The Labute approximate surface area is 112 Å². The zero-order valence-corrected chi connectivity index (χ0v) is 11.3. The van der Waals surface area contributed by atoms with Gasteiger partial charge < -0.3 is 15.2 Å². The number of nitrogens with zero attached hydrogens (tertiary/aromatic N) is 2. The van der Waals surface area contributed by atoms with Crippen LogP contribution in [0.15, 0.2) is 24.5 Å². The minimum Gasteiger partial charge on any atom is -0.493 e. The van der Waals surface area contributed by atoms with Crippen molar-refractivity contribution in [3.05, 3.63) is 35.8 Å². The molecule has 1 aromatic carbocycles. The van der Waals surface area contributed by atoms with Gasteiger partial charge >= 0.3 is 0 Å². The third kappa shape index (κ3) is 2.51. The minimum absolute atomic E-state index is 0.344. The van der Waals surface area contributed by atoms with Crippen molar-refractivity contribution in [2.24, 2.45) is 5.73 Å². The van der Waals surface area contributed by atoms with Crippen molar-refractivity contribution >= 4 is 0 Å². The van der Waals surface area contributed by atoms with Crippen molar-refractivity contribution in [1.29, 1.82) is 0 Å². The van der Waals surface area contributed by atoms with E-state index in [9.17, 15) is 0 Å². The van der Waals surface area contributed by atoms with Crippen LogP contribution in [0.1, 0.15) is 11.3 Å². The molecule has 2 rings (SSSR count). The normalized spacial score (nSPS) is 10.3. The van der Waals surface area contributed by atoms with Crippen LogP contribution >= 0.6 is 0 Å². The fourth-order valence-corrected chi connectivity index (χ4v) is 1.98. The Morgan fingerprint density at radius 3 is 2.32 bits per heavy atom. The molecule has 0 unspecified atom stereocenters. The molecule has 0 bridgehead atoms. The molecule has 100 valence electrons. The quantitative estimate of drug-likeness (QED) is 0.908. The molecule has 0 aliphatic heterocycles. The van der Waals surface area contributed by atoms with E-state index in [0.717, 1.165) is 22.5 Å². The molecule has 5 heteroatoms. The first-order chi connectivity index (χ1) is 9.21. The molecule has 0 amide bonds. The summed E-state index contributed by atoms with van der Waals surface area (Å²) < 4.78 is 10.6. The van der Waals surface area contributed by atoms with Gasteiger partial charge in [0.05, 0.1) is 25.6 Å². The Hall–Kier alpha value is -2.14. The monoisotopic (exact) mass is 259 g/mol. The summed E-state index contributed by atoms with van der Waals surface area (Å²) in [5.41, 5.74) is 9.23. The third-order valence-corrected chi connectivity index (χ3v) is 2.95. The Bertz CT molecular complexity index is 585. The van der Waals surface area contributed by atoms with Crippen LogP contribution in [0.4, 0.5) is 0 Å². The summed E-state index contributed by atoms with van der Waals surface area (Å²) >= 11 is 0. The van der Waals surface area contributed by atoms with Crippen LogP contribution in [0.3, 0.4) is 0 Å². The maximum atomic E-state index is 5.71. The van der Waals surface area contributed by atoms with E-state index in [4.69, 9.17) is 15.2 Å². The SMILES string of the molecule is COc1cc(C)c(-c2nccnc2CN)cc1OC. The smallest absolute Gasteiger partial charge is 0.161 e. The summed E-state index contributed by atoms with van der Waals surface area (Å²) in [7, 11) is 3.22. The summed E-state index contributed by atoms with van der Waals surface area (Å²) in [6, 6.07) is 3.82. The predicted octanol–water partition coefficient (Wildman–Crippen LogP) is 1.93. The zero-order chi connectivity index (χ0) is 13.8. The number of methoxy groups -OCH3 is 2. The fraction of sp³-hybridized carbons (Fsp3) is 0.286. The maximum absolute atomic E-state index is 5.71. The van der Waals surface area contributed by atoms with Gasteiger partial charge in [0.1, 0.15) is 0 Å². The molecule has 0 saturated carbocycles. The predicted molar refractivity (Wildman–Crippen MR) is 73.2 cm³/mol.